The normalized spacial score (nSPS) is 13.4. The molecule has 0 aromatic rings. The maximum atomic E-state index is 12.9. The first-order valence-corrected chi connectivity index (χ1v) is 36.2. The third-order valence-electron chi connectivity index (χ3n) is 15.5. The molecule has 0 aliphatic carbocycles. The number of esters is 2. The van der Waals surface area contributed by atoms with Gasteiger partial charge in [0.25, 0.3) is 6.29 Å². The molecule has 9 nitrogen and oxygen atoms in total. The maximum Gasteiger partial charge on any atom is 0.361 e. The molecule has 1 N–H and O–H groups in total. The number of hydrogen-bond acceptors (Lipinski definition) is 7. The number of unbranched alkanes of at least 4 members (excludes halogenated alkanes) is 31. The molecule has 0 saturated carbocycles. The average molecular weight is 1230 g/mol. The Labute approximate surface area is 542 Å². The highest BCUT2D eigenvalue weighted by molar-refractivity contribution is 5.71. The Kier molecular flexibility index (Phi) is 65.2. The highest BCUT2D eigenvalue weighted by atomic mass is 16.7. The first-order valence-electron chi connectivity index (χ1n) is 36.2. The monoisotopic (exact) mass is 1230 g/mol. The Morgan fingerprint density at radius 1 is 0.352 bits per heavy atom. The van der Waals surface area contributed by atoms with Crippen molar-refractivity contribution < 1.29 is 42.9 Å². The molecule has 9 heteroatoms. The van der Waals surface area contributed by atoms with Gasteiger partial charge in [-0.25, -0.2) is 4.79 Å². The molecule has 504 valence electrons. The van der Waals surface area contributed by atoms with Crippen molar-refractivity contribution in [3.05, 3.63) is 122 Å². The number of allylic oxidation sites excluding steroid dienone is 20. The lowest BCUT2D eigenvalue weighted by Gasteiger charge is -2.25. The smallest absolute Gasteiger partial charge is 0.361 e. The molecule has 0 saturated heterocycles. The molecule has 0 fully saturated rings. The molecule has 0 amide bonds. The van der Waals surface area contributed by atoms with Crippen molar-refractivity contribution in [1.29, 1.82) is 0 Å². The highest BCUT2D eigenvalue weighted by Crippen LogP contribution is 2.18. The zero-order valence-corrected chi connectivity index (χ0v) is 57.6. The number of carbonyl (C=O) groups is 3. The van der Waals surface area contributed by atoms with Crippen LogP contribution in [-0.4, -0.2) is 87.4 Å². The van der Waals surface area contributed by atoms with Crippen LogP contribution in [0.15, 0.2) is 122 Å². The summed E-state index contributed by atoms with van der Waals surface area (Å²) in [6.45, 7) is 4.77. The van der Waals surface area contributed by atoms with Crippen LogP contribution in [0.3, 0.4) is 0 Å². The minimum Gasteiger partial charge on any atom is -0.477 e. The number of nitrogens with zero attached hydrogens (tertiary/aromatic N) is 1. The van der Waals surface area contributed by atoms with E-state index in [0.29, 0.717) is 23.9 Å². The molecule has 0 bridgehead atoms. The molecular weight excluding hydrogens is 1090 g/mol. The summed E-state index contributed by atoms with van der Waals surface area (Å²) < 4.78 is 23.0. The quantitative estimate of drug-likeness (QED) is 0.0211. The number of likely N-dealkylation sites (N-methyl/N-ethyl adjacent to an activating group) is 1. The summed E-state index contributed by atoms with van der Waals surface area (Å²) >= 11 is 0. The van der Waals surface area contributed by atoms with Crippen LogP contribution in [-0.2, 0) is 33.3 Å². The Morgan fingerprint density at radius 3 is 0.966 bits per heavy atom. The van der Waals surface area contributed by atoms with E-state index in [4.69, 9.17) is 18.9 Å². The van der Waals surface area contributed by atoms with E-state index in [9.17, 15) is 19.5 Å². The van der Waals surface area contributed by atoms with Crippen molar-refractivity contribution in [3.8, 4) is 0 Å². The first-order chi connectivity index (χ1) is 43.1. The van der Waals surface area contributed by atoms with E-state index >= 15 is 0 Å². The molecule has 0 radical (unpaired) electrons. The van der Waals surface area contributed by atoms with Gasteiger partial charge in [-0.1, -0.05) is 322 Å². The second-order valence-electron chi connectivity index (χ2n) is 25.2. The second kappa shape index (κ2) is 68.6. The minimum absolute atomic E-state index is 0.180. The third kappa shape index (κ3) is 69.2. The van der Waals surface area contributed by atoms with Gasteiger partial charge in [0, 0.05) is 12.8 Å². The lowest BCUT2D eigenvalue weighted by atomic mass is 10.0. The van der Waals surface area contributed by atoms with Gasteiger partial charge in [-0.2, -0.15) is 0 Å². The largest absolute Gasteiger partial charge is 0.477 e. The summed E-state index contributed by atoms with van der Waals surface area (Å²) in [6.07, 6.45) is 94.6. The minimum atomic E-state index is -1.52. The van der Waals surface area contributed by atoms with E-state index in [2.05, 4.69) is 135 Å². The molecule has 0 heterocycles. The summed E-state index contributed by atoms with van der Waals surface area (Å²) in [6, 6.07) is 0. The van der Waals surface area contributed by atoms with Gasteiger partial charge < -0.3 is 28.5 Å². The summed E-state index contributed by atoms with van der Waals surface area (Å²) in [4.78, 5) is 37.6. The van der Waals surface area contributed by atoms with Gasteiger partial charge in [0.05, 0.1) is 34.4 Å². The van der Waals surface area contributed by atoms with Gasteiger partial charge in [0.15, 0.2) is 6.10 Å². The van der Waals surface area contributed by atoms with E-state index < -0.39 is 24.3 Å². The number of aliphatic carboxylic acids is 1. The van der Waals surface area contributed by atoms with Gasteiger partial charge in [-0.05, 0) is 89.9 Å². The lowest BCUT2D eigenvalue weighted by Crippen LogP contribution is -2.40. The Hall–Kier alpha value is -4.31. The molecule has 88 heavy (non-hydrogen) atoms. The zero-order chi connectivity index (χ0) is 64.0. The lowest BCUT2D eigenvalue weighted by molar-refractivity contribution is -0.870. The van der Waals surface area contributed by atoms with Crippen LogP contribution in [0, 0.1) is 0 Å². The van der Waals surface area contributed by atoms with Crippen LogP contribution in [0.5, 0.6) is 0 Å². The summed E-state index contributed by atoms with van der Waals surface area (Å²) in [5.41, 5.74) is 0. The molecule has 0 aromatic heterocycles. The van der Waals surface area contributed by atoms with E-state index in [-0.39, 0.29) is 32.2 Å². The van der Waals surface area contributed by atoms with Crippen LogP contribution in [0.2, 0.25) is 0 Å². The molecule has 2 unspecified atom stereocenters. The predicted molar refractivity (Wildman–Crippen MR) is 378 cm³/mol. The Balaban J connectivity index is 4.18. The topological polar surface area (TPSA) is 108 Å². The number of quaternary nitrogens is 1. The average Bonchev–Trinajstić information content (AvgIpc) is 3.54. The number of rotatable bonds is 66. The zero-order valence-electron chi connectivity index (χ0n) is 57.6. The van der Waals surface area contributed by atoms with Gasteiger partial charge in [-0.15, -0.1) is 0 Å². The number of carboxylic acids is 1. The third-order valence-corrected chi connectivity index (χ3v) is 15.5. The van der Waals surface area contributed by atoms with Crippen LogP contribution in [0.25, 0.3) is 0 Å². The van der Waals surface area contributed by atoms with Gasteiger partial charge in [-0.3, -0.25) is 9.59 Å². The van der Waals surface area contributed by atoms with Crippen molar-refractivity contribution in [2.45, 2.75) is 315 Å². The van der Waals surface area contributed by atoms with Crippen molar-refractivity contribution in [2.24, 2.45) is 0 Å². The molecule has 0 spiro atoms. The molecule has 0 aliphatic heterocycles. The van der Waals surface area contributed by atoms with Crippen molar-refractivity contribution in [3.63, 3.8) is 0 Å². The number of ether oxygens (including phenoxy) is 4. The number of hydrogen-bond donors (Lipinski definition) is 1. The van der Waals surface area contributed by atoms with E-state index in [1.165, 1.54) is 148 Å². The first kappa shape index (κ1) is 83.7. The molecular formula is C79H136NO8+. The second-order valence-corrected chi connectivity index (χ2v) is 25.2. The fraction of sp³-hybridized carbons (Fsp3) is 0.709. The van der Waals surface area contributed by atoms with Crippen molar-refractivity contribution >= 4 is 17.9 Å². The molecule has 0 aliphatic rings. The van der Waals surface area contributed by atoms with E-state index in [0.717, 1.165) is 122 Å². The van der Waals surface area contributed by atoms with Gasteiger partial charge >= 0.3 is 17.9 Å². The van der Waals surface area contributed by atoms with Crippen LogP contribution in [0.1, 0.15) is 303 Å². The van der Waals surface area contributed by atoms with Gasteiger partial charge in [0.1, 0.15) is 13.2 Å². The SMILES string of the molecule is CC/C=C\C/C=C\C/C=C\C/C=C\C/C=C\C/C=C\C/C=C\C/C=C\C/C=C\C/C=C\CCCCCCCCC(=O)OC(COC(=O)CCCCCCCCCCCCCCCCCCCCCCCCCCCC)COC(OCC[N+](C)(C)C)C(=O)O. The summed E-state index contributed by atoms with van der Waals surface area (Å²) in [5.74, 6) is -2.02. The Bertz CT molecular complexity index is 1860. The standard InChI is InChI=1S/C79H135NO8/c1-6-8-10-12-14-16-18-20-22-24-26-28-30-32-34-35-36-37-38-39-40-41-42-43-44-46-48-50-52-54-56-58-60-62-64-66-68-70-77(82)88-75(74-87-79(78(83)84)85-72-71-80(3,4)5)73-86-76(81)69-67-65-63-61-59-57-55-53-51-49-47-45-33-31-29-27-25-23-21-19-17-15-13-11-9-7-2/h8,10,14,16,20,22,26,28,32,34,36-37,39-40,42-43,46,48,52,54,75,79H,6-7,9,11-13,15,17-19,21,23-25,27,29-31,33,35,38,41,44-45,47,49-51,53,55-74H2,1-5H3/p+1/b10-8-,16-14-,22-20-,28-26-,34-32-,37-36-,40-39-,43-42-,48-46-,54-52-. The highest BCUT2D eigenvalue weighted by Gasteiger charge is 2.25. The molecule has 2 atom stereocenters. The van der Waals surface area contributed by atoms with Crippen LogP contribution >= 0.6 is 0 Å². The number of carboxylic acid groups (broad SMARTS) is 1. The predicted octanol–water partition coefficient (Wildman–Crippen LogP) is 22.7. The summed E-state index contributed by atoms with van der Waals surface area (Å²) in [7, 11) is 5.97. The maximum absolute atomic E-state index is 12.9. The van der Waals surface area contributed by atoms with E-state index in [1.54, 1.807) is 0 Å². The fourth-order valence-corrected chi connectivity index (χ4v) is 9.99. The Morgan fingerprint density at radius 2 is 0.648 bits per heavy atom. The van der Waals surface area contributed by atoms with E-state index in [1.807, 2.05) is 21.1 Å². The molecule has 0 aromatic carbocycles. The van der Waals surface area contributed by atoms with Crippen LogP contribution in [0.4, 0.5) is 0 Å². The fourth-order valence-electron chi connectivity index (χ4n) is 9.99. The van der Waals surface area contributed by atoms with Crippen molar-refractivity contribution in [1.82, 2.24) is 0 Å². The van der Waals surface area contributed by atoms with Crippen LogP contribution < -0.4 is 0 Å². The summed E-state index contributed by atoms with van der Waals surface area (Å²) in [5, 5.41) is 9.75. The van der Waals surface area contributed by atoms with Crippen molar-refractivity contribution in [2.75, 3.05) is 47.5 Å². The van der Waals surface area contributed by atoms with Gasteiger partial charge in [0.2, 0.25) is 0 Å². The number of carbonyl (C=O) groups excluding carboxylic acids is 2. The molecule has 0 rings (SSSR count).